The van der Waals surface area contributed by atoms with Crippen LogP contribution in [0.3, 0.4) is 0 Å². The molecule has 6 rings (SSSR count). The molecule has 2 aromatic carbocycles. The van der Waals surface area contributed by atoms with E-state index in [1.54, 1.807) is 18.2 Å². The minimum atomic E-state index is -1.12. The lowest BCUT2D eigenvalue weighted by molar-refractivity contribution is 0.0691. The van der Waals surface area contributed by atoms with Crippen molar-refractivity contribution in [3.8, 4) is 5.75 Å². The van der Waals surface area contributed by atoms with Gasteiger partial charge in [-0.3, -0.25) is 4.90 Å². The zero-order valence-electron chi connectivity index (χ0n) is 23.5. The fourth-order valence-electron chi connectivity index (χ4n) is 5.89. The molecule has 2 N–H and O–H groups in total. The number of nitrogens with zero attached hydrogens (tertiary/aromatic N) is 4. The second-order valence-electron chi connectivity index (χ2n) is 11.0. The van der Waals surface area contributed by atoms with Gasteiger partial charge in [0.05, 0.1) is 24.8 Å². The largest absolute Gasteiger partial charge is 0.480 e. The van der Waals surface area contributed by atoms with Crippen molar-refractivity contribution in [3.63, 3.8) is 0 Å². The molecule has 1 saturated heterocycles. The number of benzene rings is 2. The summed E-state index contributed by atoms with van der Waals surface area (Å²) in [6, 6.07) is 12.8. The Morgan fingerprint density at radius 1 is 1.12 bits per heavy atom. The molecule has 0 amide bonds. The van der Waals surface area contributed by atoms with Gasteiger partial charge >= 0.3 is 5.97 Å². The first-order valence-electron chi connectivity index (χ1n) is 14.3. The molecule has 4 heterocycles. The highest BCUT2D eigenvalue weighted by Crippen LogP contribution is 2.45. The molecule has 2 aliphatic rings. The number of aromatic nitrogens is 3. The van der Waals surface area contributed by atoms with Crippen LogP contribution in [0.2, 0.25) is 5.02 Å². The van der Waals surface area contributed by atoms with Gasteiger partial charge < -0.3 is 19.5 Å². The Balaban J connectivity index is 1.21. The third-order valence-electron chi connectivity index (χ3n) is 8.26. The molecule has 2 atom stereocenters. The molecule has 43 heavy (non-hydrogen) atoms. The van der Waals surface area contributed by atoms with Gasteiger partial charge in [-0.2, -0.15) is 0 Å². The standard InChI is InChI=1S/C32H31ClF2N4O4/c1-2-20(40)16-39-29(36-26-8-9-27(32(41)42)37-31(26)39)17-38-12-10-18(11-13-38)21-4-3-5-23-25(35)15-28(43-30(21)23)22-7-6-19(33)14-24(22)34/h3-9,14-15,18,20,28,40H,2,10-13,16-17H2,1H3,(H,41,42)/t20-,28+/m0/s1. The second kappa shape index (κ2) is 12.0. The molecule has 11 heteroatoms. The highest BCUT2D eigenvalue weighted by atomic mass is 35.5. The molecule has 0 radical (unpaired) electrons. The molecule has 0 saturated carbocycles. The van der Waals surface area contributed by atoms with Crippen LogP contribution in [0, 0.1) is 5.82 Å². The molecule has 2 aromatic heterocycles. The van der Waals surface area contributed by atoms with E-state index in [1.807, 2.05) is 23.6 Å². The first kappa shape index (κ1) is 29.2. The van der Waals surface area contributed by atoms with Crippen molar-refractivity contribution >= 4 is 34.6 Å². The van der Waals surface area contributed by atoms with E-state index in [1.165, 1.54) is 24.3 Å². The average molecular weight is 609 g/mol. The van der Waals surface area contributed by atoms with Crippen molar-refractivity contribution in [2.24, 2.45) is 0 Å². The van der Waals surface area contributed by atoms with E-state index in [0.29, 0.717) is 41.3 Å². The number of aliphatic hydroxyl groups is 1. The topological polar surface area (TPSA) is 101 Å². The quantitative estimate of drug-likeness (QED) is 0.235. The second-order valence-corrected chi connectivity index (χ2v) is 11.5. The number of fused-ring (bicyclic) bond motifs is 2. The lowest BCUT2D eigenvalue weighted by Gasteiger charge is -2.34. The Morgan fingerprint density at radius 3 is 2.63 bits per heavy atom. The molecule has 4 aromatic rings. The van der Waals surface area contributed by atoms with Gasteiger partial charge in [-0.05, 0) is 80.2 Å². The number of likely N-dealkylation sites (tertiary alicyclic amines) is 1. The number of imidazole rings is 1. The first-order valence-corrected chi connectivity index (χ1v) is 14.7. The summed E-state index contributed by atoms with van der Waals surface area (Å²) in [6.45, 7) is 4.11. The van der Waals surface area contributed by atoms with Gasteiger partial charge in [-0.15, -0.1) is 0 Å². The van der Waals surface area contributed by atoms with Crippen LogP contribution in [0.1, 0.15) is 71.2 Å². The maximum Gasteiger partial charge on any atom is 0.354 e. The van der Waals surface area contributed by atoms with Crippen molar-refractivity contribution in [2.45, 2.75) is 57.4 Å². The zero-order valence-corrected chi connectivity index (χ0v) is 24.3. The summed E-state index contributed by atoms with van der Waals surface area (Å²) in [7, 11) is 0. The molecule has 8 nitrogen and oxygen atoms in total. The van der Waals surface area contributed by atoms with Crippen LogP contribution in [0.25, 0.3) is 17.0 Å². The van der Waals surface area contributed by atoms with Crippen molar-refractivity contribution in [3.05, 3.63) is 93.7 Å². The number of aromatic carboxylic acids is 1. The Morgan fingerprint density at radius 2 is 1.91 bits per heavy atom. The van der Waals surface area contributed by atoms with Gasteiger partial charge in [0.15, 0.2) is 11.3 Å². The number of carboxylic acid groups (broad SMARTS) is 1. The number of hydrogen-bond donors (Lipinski definition) is 2. The number of aliphatic hydroxyl groups excluding tert-OH is 1. The maximum atomic E-state index is 15.2. The van der Waals surface area contributed by atoms with Gasteiger partial charge in [0, 0.05) is 10.6 Å². The molecule has 1 fully saturated rings. The maximum absolute atomic E-state index is 15.2. The molecule has 0 aliphatic carbocycles. The molecular weight excluding hydrogens is 578 g/mol. The van der Waals surface area contributed by atoms with Gasteiger partial charge in [-0.25, -0.2) is 23.5 Å². The third kappa shape index (κ3) is 5.87. The Hall–Kier alpha value is -3.86. The van der Waals surface area contributed by atoms with Crippen molar-refractivity contribution in [2.75, 3.05) is 13.1 Å². The summed E-state index contributed by atoms with van der Waals surface area (Å²) in [5.41, 5.74) is 2.41. The SMILES string of the molecule is CC[C@H](O)Cn1c(CN2CCC(c3cccc4c3O[C@@H](c3ccc(Cl)cc3F)C=C4F)CC2)nc2ccc(C(=O)O)nc21. The summed E-state index contributed by atoms with van der Waals surface area (Å²) < 4.78 is 38.0. The number of carbonyl (C=O) groups is 1. The van der Waals surface area contributed by atoms with E-state index < -0.39 is 29.8 Å². The highest BCUT2D eigenvalue weighted by molar-refractivity contribution is 6.30. The number of piperidine rings is 1. The van der Waals surface area contributed by atoms with E-state index in [9.17, 15) is 19.4 Å². The average Bonchev–Trinajstić information content (AvgIpc) is 3.32. The van der Waals surface area contributed by atoms with Gasteiger partial charge in [0.25, 0.3) is 0 Å². The number of rotatable bonds is 8. The minimum absolute atomic E-state index is 0.0762. The molecular formula is C32H31ClF2N4O4. The van der Waals surface area contributed by atoms with E-state index in [-0.39, 0.29) is 28.7 Å². The number of pyridine rings is 1. The van der Waals surface area contributed by atoms with Crippen LogP contribution in [0.4, 0.5) is 8.78 Å². The van der Waals surface area contributed by atoms with Crippen LogP contribution in [-0.4, -0.2) is 54.8 Å². The van der Waals surface area contributed by atoms with E-state index in [2.05, 4.69) is 9.88 Å². The smallest absolute Gasteiger partial charge is 0.354 e. The predicted molar refractivity (Wildman–Crippen MR) is 158 cm³/mol. The number of hydrogen-bond acceptors (Lipinski definition) is 6. The minimum Gasteiger partial charge on any atom is -0.480 e. The van der Waals surface area contributed by atoms with Crippen LogP contribution in [0.5, 0.6) is 5.75 Å². The molecule has 0 bridgehead atoms. The van der Waals surface area contributed by atoms with Gasteiger partial charge in [0.1, 0.15) is 34.8 Å². The van der Waals surface area contributed by atoms with Crippen LogP contribution in [-0.2, 0) is 13.1 Å². The molecule has 0 spiro atoms. The van der Waals surface area contributed by atoms with E-state index in [4.69, 9.17) is 21.3 Å². The number of para-hydroxylation sites is 1. The normalized spacial score (nSPS) is 18.3. The monoisotopic (exact) mass is 608 g/mol. The van der Waals surface area contributed by atoms with Crippen molar-refractivity contribution in [1.29, 1.82) is 0 Å². The third-order valence-corrected chi connectivity index (χ3v) is 8.50. The lowest BCUT2D eigenvalue weighted by Crippen LogP contribution is -2.34. The summed E-state index contributed by atoms with van der Waals surface area (Å²) in [4.78, 5) is 22.8. The van der Waals surface area contributed by atoms with Crippen LogP contribution in [0.15, 0.2) is 54.6 Å². The first-order chi connectivity index (χ1) is 20.7. The molecule has 0 unspecified atom stereocenters. The Kier molecular flexibility index (Phi) is 8.17. The molecule has 224 valence electrons. The van der Waals surface area contributed by atoms with Crippen LogP contribution >= 0.6 is 11.6 Å². The summed E-state index contributed by atoms with van der Waals surface area (Å²) >= 11 is 5.92. The number of halogens is 3. The summed E-state index contributed by atoms with van der Waals surface area (Å²) in [5, 5.41) is 20.1. The Bertz CT molecular complexity index is 1720. The Labute approximate surface area is 252 Å². The fraction of sp³-hybridized carbons (Fsp3) is 0.344. The highest BCUT2D eigenvalue weighted by Gasteiger charge is 2.31. The van der Waals surface area contributed by atoms with Crippen molar-refractivity contribution in [1.82, 2.24) is 19.4 Å². The predicted octanol–water partition coefficient (Wildman–Crippen LogP) is 6.52. The van der Waals surface area contributed by atoms with E-state index in [0.717, 1.165) is 31.5 Å². The summed E-state index contributed by atoms with van der Waals surface area (Å²) in [6.07, 6.45) is 1.85. The number of carboxylic acids is 1. The lowest BCUT2D eigenvalue weighted by atomic mass is 9.86. The van der Waals surface area contributed by atoms with Crippen LogP contribution < -0.4 is 4.74 Å². The number of ether oxygens (including phenoxy) is 1. The van der Waals surface area contributed by atoms with Crippen molar-refractivity contribution < 1.29 is 28.5 Å². The van der Waals surface area contributed by atoms with Gasteiger partial charge in [-0.1, -0.05) is 36.7 Å². The fourth-order valence-corrected chi connectivity index (χ4v) is 6.05. The van der Waals surface area contributed by atoms with E-state index >= 15 is 4.39 Å². The zero-order chi connectivity index (χ0) is 30.2. The summed E-state index contributed by atoms with van der Waals surface area (Å²) in [5.74, 6) is -0.877. The van der Waals surface area contributed by atoms with Gasteiger partial charge in [0.2, 0.25) is 0 Å². The molecule has 2 aliphatic heterocycles.